The molecule has 0 spiro atoms. The van der Waals surface area contributed by atoms with Crippen molar-refractivity contribution in [3.05, 3.63) is 206 Å². The molecule has 0 aliphatic heterocycles. The largest absolute Gasteiger partial charge is 0.379 e. The molecule has 0 bridgehead atoms. The highest BCUT2D eigenvalue weighted by Crippen LogP contribution is 2.30. The molecule has 0 saturated heterocycles. The Kier molecular flexibility index (Phi) is 13.9. The molecule has 0 saturated carbocycles. The molecule has 18 nitrogen and oxygen atoms in total. The minimum atomic E-state index is -4.70. The minimum Gasteiger partial charge on any atom is -0.379 e. The maximum atomic E-state index is 13.5. The molecule has 0 atom stereocenters. The summed E-state index contributed by atoms with van der Waals surface area (Å²) in [4.78, 5) is 24.7. The van der Waals surface area contributed by atoms with Gasteiger partial charge < -0.3 is 38.0 Å². The molecule has 0 fully saturated rings. The normalized spacial score (nSPS) is 11.8. The van der Waals surface area contributed by atoms with Gasteiger partial charge in [-0.05, 0) is 113 Å². The van der Waals surface area contributed by atoms with Crippen LogP contribution >= 0.6 is 0 Å². The summed E-state index contributed by atoms with van der Waals surface area (Å²) in [7, 11) is -17.9. The Labute approximate surface area is 424 Å². The molecule has 9 aromatic rings. The molecule has 4 N–H and O–H groups in total. The number of fused-ring (bicyclic) bond motifs is 2. The average molecular weight is 1070 g/mol. The molecular weight excluding hydrogens is 1030 g/mol. The second-order valence-electron chi connectivity index (χ2n) is 15.9. The van der Waals surface area contributed by atoms with Crippen LogP contribution in [0.3, 0.4) is 0 Å². The van der Waals surface area contributed by atoms with Crippen molar-refractivity contribution >= 4 is 96.8 Å². The van der Waals surface area contributed by atoms with E-state index >= 15 is 0 Å². The second-order valence-corrected chi connectivity index (χ2v) is 22.1. The summed E-state index contributed by atoms with van der Waals surface area (Å²) in [5.41, 5.74) is 0.504. The molecule has 0 unspecified atom stereocenters. The molecule has 9 rings (SSSR count). The van der Waals surface area contributed by atoms with Crippen molar-refractivity contribution < 1.29 is 60.0 Å². The zero-order chi connectivity index (χ0) is 52.1. The molecule has 374 valence electrons. The third-order valence-electron chi connectivity index (χ3n) is 10.6. The van der Waals surface area contributed by atoms with Crippen LogP contribution in [0.1, 0.15) is 0 Å². The lowest BCUT2D eigenvalue weighted by Crippen LogP contribution is -2.19. The van der Waals surface area contributed by atoms with Crippen LogP contribution in [0.25, 0.3) is 21.5 Å². The van der Waals surface area contributed by atoms with Crippen molar-refractivity contribution in [1.82, 2.24) is 0 Å². The summed E-state index contributed by atoms with van der Waals surface area (Å²) in [5.74, 6) is -0.649. The van der Waals surface area contributed by atoms with Gasteiger partial charge in [0.2, 0.25) is 0 Å². The third-order valence-corrected chi connectivity index (χ3v) is 15.6. The molecule has 0 aromatic heterocycles. The Morgan fingerprint density at radius 1 is 0.270 bits per heavy atom. The second kappa shape index (κ2) is 20.6. The first-order valence-electron chi connectivity index (χ1n) is 21.8. The number of hydrogen-bond acceptors (Lipinski definition) is 14. The van der Waals surface area contributed by atoms with Gasteiger partial charge in [0.25, 0.3) is 0 Å². The van der Waals surface area contributed by atoms with Crippen LogP contribution in [-0.2, 0) is 40.5 Å². The maximum absolute atomic E-state index is 13.5. The Bertz CT molecular complexity index is 3860. The van der Waals surface area contributed by atoms with Gasteiger partial charge >= 0.3 is 52.5 Å². The molecule has 9 aromatic carbocycles. The van der Waals surface area contributed by atoms with Crippen LogP contribution in [0, 0.1) is 0 Å². The van der Waals surface area contributed by atoms with Gasteiger partial charge in [0.05, 0.1) is 0 Å². The van der Waals surface area contributed by atoms with Gasteiger partial charge in [-0.25, -0.2) is 9.59 Å². The Morgan fingerprint density at radius 3 is 0.851 bits per heavy atom. The first kappa shape index (κ1) is 50.0. The zero-order valence-electron chi connectivity index (χ0n) is 38.0. The third kappa shape index (κ3) is 12.2. The molecule has 74 heavy (non-hydrogen) atoms. The van der Waals surface area contributed by atoms with Crippen LogP contribution in [0.4, 0.5) is 32.3 Å². The van der Waals surface area contributed by atoms with Crippen molar-refractivity contribution in [2.45, 2.75) is 19.6 Å². The number of nitrogens with one attached hydrogen (secondary N) is 4. The van der Waals surface area contributed by atoms with E-state index in [1.807, 2.05) is 24.3 Å². The molecule has 0 heterocycles. The summed E-state index contributed by atoms with van der Waals surface area (Å²) in [6.45, 7) is 0. The fourth-order valence-electron chi connectivity index (χ4n) is 7.22. The Morgan fingerprint density at radius 2 is 0.541 bits per heavy atom. The highest BCUT2D eigenvalue weighted by Gasteiger charge is 2.24. The standard InChI is InChI=1S/C52H38N4O14S4/c57-51(55-41-16-7-20-45(32-41)69-73(63,64)49-26-24-35-10-1-3-12-37(35)28-49)53-39-14-5-18-43(30-39)67-71(59,60)47-22-9-23-48(34-47)72(61,62)68-44-19-6-15-40(31-44)54-52(58)56-42-17-8-21-46(33-42)70-74(65,66)50-27-25-36-11-2-4-13-38(36)29-50/h1-34H,(H2,53,55,57)(H2,54,56,58). The van der Waals surface area contributed by atoms with E-state index in [9.17, 15) is 43.3 Å². The van der Waals surface area contributed by atoms with E-state index in [1.165, 1.54) is 121 Å². The lowest BCUT2D eigenvalue weighted by molar-refractivity contribution is 0.261. The molecule has 0 radical (unpaired) electrons. The first-order chi connectivity index (χ1) is 35.4. The summed E-state index contributed by atoms with van der Waals surface area (Å²) in [5, 5.41) is 13.3. The lowest BCUT2D eigenvalue weighted by atomic mass is 10.1. The summed E-state index contributed by atoms with van der Waals surface area (Å²) in [6, 6.07) is 48.2. The summed E-state index contributed by atoms with van der Waals surface area (Å²) in [6.07, 6.45) is 0. The quantitative estimate of drug-likeness (QED) is 0.0657. The number of amides is 4. The van der Waals surface area contributed by atoms with Crippen molar-refractivity contribution in [3.63, 3.8) is 0 Å². The highest BCUT2D eigenvalue weighted by atomic mass is 32.2. The maximum Gasteiger partial charge on any atom is 0.339 e. The van der Waals surface area contributed by atoms with Gasteiger partial charge in [-0.2, -0.15) is 33.7 Å². The molecule has 22 heteroatoms. The van der Waals surface area contributed by atoms with Gasteiger partial charge in [0, 0.05) is 47.0 Å². The van der Waals surface area contributed by atoms with Crippen molar-refractivity contribution in [2.75, 3.05) is 21.3 Å². The molecule has 0 aliphatic rings. The van der Waals surface area contributed by atoms with E-state index in [4.69, 9.17) is 16.7 Å². The fourth-order valence-corrected chi connectivity index (χ4v) is 11.2. The number of rotatable bonds is 16. The number of benzene rings is 9. The van der Waals surface area contributed by atoms with E-state index in [0.29, 0.717) is 10.8 Å². The van der Waals surface area contributed by atoms with Gasteiger partial charge in [-0.3, -0.25) is 0 Å². The number of carbonyl (C=O) groups excluding carboxylic acids is 2. The number of hydrogen-bond donors (Lipinski definition) is 4. The topological polar surface area (TPSA) is 256 Å². The number of anilines is 4. The monoisotopic (exact) mass is 1070 g/mol. The Balaban J connectivity index is 0.792. The van der Waals surface area contributed by atoms with E-state index in [0.717, 1.165) is 35.0 Å². The van der Waals surface area contributed by atoms with E-state index in [-0.39, 0.29) is 55.5 Å². The lowest BCUT2D eigenvalue weighted by Gasteiger charge is -2.13. The summed E-state index contributed by atoms with van der Waals surface area (Å²) < 4.78 is 127. The predicted octanol–water partition coefficient (Wildman–Crippen LogP) is 10.4. The van der Waals surface area contributed by atoms with Crippen LogP contribution in [0.5, 0.6) is 23.0 Å². The summed E-state index contributed by atoms with van der Waals surface area (Å²) >= 11 is 0. The predicted molar refractivity (Wildman–Crippen MR) is 277 cm³/mol. The van der Waals surface area contributed by atoms with Gasteiger partial charge in [-0.1, -0.05) is 91.0 Å². The van der Waals surface area contributed by atoms with E-state index < -0.39 is 62.3 Å². The minimum absolute atomic E-state index is 0.0629. The number of carbonyl (C=O) groups is 2. The van der Waals surface area contributed by atoms with Crippen LogP contribution < -0.4 is 38.0 Å². The smallest absolute Gasteiger partial charge is 0.339 e. The first-order valence-corrected chi connectivity index (χ1v) is 27.4. The molecule has 4 amide bonds. The Hall–Kier alpha value is -8.96. The SMILES string of the molecule is O=C(Nc1cccc(OS(=O)(=O)c2cccc(S(=O)(=O)Oc3cccc(NC(=O)Nc4cccc(OS(=O)(=O)c5ccc6ccccc6c5)c4)c3)c2)c1)Nc1cccc(OS(=O)(=O)c2ccc3ccccc3c2)c1. The van der Waals surface area contributed by atoms with Gasteiger partial charge in [0.15, 0.2) is 0 Å². The zero-order valence-corrected chi connectivity index (χ0v) is 41.2. The molecular formula is C52H38N4O14S4. The fraction of sp³-hybridized carbons (Fsp3) is 0. The van der Waals surface area contributed by atoms with Crippen molar-refractivity contribution in [2.24, 2.45) is 0 Å². The van der Waals surface area contributed by atoms with E-state index in [2.05, 4.69) is 21.3 Å². The number of urea groups is 2. The molecule has 0 aliphatic carbocycles. The van der Waals surface area contributed by atoms with Gasteiger partial charge in [0.1, 0.15) is 42.6 Å². The van der Waals surface area contributed by atoms with E-state index in [1.54, 1.807) is 36.4 Å². The van der Waals surface area contributed by atoms with Crippen molar-refractivity contribution in [1.29, 1.82) is 0 Å². The van der Waals surface area contributed by atoms with Crippen LogP contribution in [-0.4, -0.2) is 45.7 Å². The van der Waals surface area contributed by atoms with Crippen LogP contribution in [0.15, 0.2) is 226 Å². The van der Waals surface area contributed by atoms with Crippen molar-refractivity contribution in [3.8, 4) is 23.0 Å². The van der Waals surface area contributed by atoms with Gasteiger partial charge in [-0.15, -0.1) is 0 Å². The average Bonchev–Trinajstić information content (AvgIpc) is 3.36. The highest BCUT2D eigenvalue weighted by molar-refractivity contribution is 7.88. The van der Waals surface area contributed by atoms with Crippen LogP contribution in [0.2, 0.25) is 0 Å².